The molecule has 0 bridgehead atoms. The molecule has 0 N–H and O–H groups in total. The number of hydrogen-bond donors (Lipinski definition) is 0. The zero-order valence-electron chi connectivity index (χ0n) is 4.16. The van der Waals surface area contributed by atoms with Gasteiger partial charge in [0.25, 0.3) is 0 Å². The fraction of sp³-hybridized carbons (Fsp3) is 1.00. The summed E-state index contributed by atoms with van der Waals surface area (Å²) < 4.78 is 0. The van der Waals surface area contributed by atoms with Crippen molar-refractivity contribution in [2.45, 2.75) is 25.9 Å². The molecule has 0 nitrogen and oxygen atoms in total. The highest BCUT2D eigenvalue weighted by molar-refractivity contribution is 7.69. The second-order valence-electron chi connectivity index (χ2n) is 1.42. The van der Waals surface area contributed by atoms with E-state index < -0.39 is 0 Å². The van der Waals surface area contributed by atoms with Gasteiger partial charge >= 0.3 is 0 Å². The summed E-state index contributed by atoms with van der Waals surface area (Å²) in [7, 11) is 0.604. The first-order valence-corrected chi connectivity index (χ1v) is 4.26. The summed E-state index contributed by atoms with van der Waals surface area (Å²) in [5.41, 5.74) is 0.728. The van der Waals surface area contributed by atoms with Gasteiger partial charge in [0.15, 0.2) is 0 Å². The molecular formula is C4H10ClP. The molecule has 2 heteroatoms. The zero-order valence-corrected chi connectivity index (χ0v) is 5.92. The van der Waals surface area contributed by atoms with Gasteiger partial charge in [-0.25, -0.2) is 0 Å². The minimum atomic E-state index is 0.604. The first kappa shape index (κ1) is 6.72. The van der Waals surface area contributed by atoms with Crippen LogP contribution >= 0.6 is 19.2 Å². The summed E-state index contributed by atoms with van der Waals surface area (Å²) >= 11 is 5.48. The molecule has 0 amide bonds. The Bertz CT molecular complexity index is 26.7. The van der Waals surface area contributed by atoms with Gasteiger partial charge in [-0.2, -0.15) is 0 Å². The average molecular weight is 125 g/mol. The zero-order chi connectivity index (χ0) is 4.99. The van der Waals surface area contributed by atoms with Gasteiger partial charge in [0.2, 0.25) is 0 Å². The fourth-order valence-corrected chi connectivity index (χ4v) is 0.694. The van der Waals surface area contributed by atoms with E-state index in [-0.39, 0.29) is 0 Å². The normalized spacial score (nSPS) is 16.5. The maximum absolute atomic E-state index is 5.48. The predicted molar refractivity (Wildman–Crippen MR) is 33.9 cm³/mol. The van der Waals surface area contributed by atoms with Crippen LogP contribution in [0.2, 0.25) is 0 Å². The Labute approximate surface area is 45.8 Å². The van der Waals surface area contributed by atoms with Crippen LogP contribution in [0.25, 0.3) is 0 Å². The van der Waals surface area contributed by atoms with E-state index in [4.69, 9.17) is 11.2 Å². The van der Waals surface area contributed by atoms with Crippen LogP contribution in [0.3, 0.4) is 0 Å². The maximum atomic E-state index is 5.48. The molecule has 0 saturated heterocycles. The predicted octanol–water partition coefficient (Wildman–Crippen LogP) is 2.62. The van der Waals surface area contributed by atoms with Gasteiger partial charge < -0.3 is 0 Å². The van der Waals surface area contributed by atoms with E-state index in [9.17, 15) is 0 Å². The Kier molecular flexibility index (Phi) is 4.36. The van der Waals surface area contributed by atoms with Crippen molar-refractivity contribution in [1.82, 2.24) is 0 Å². The molecule has 0 aliphatic heterocycles. The molecule has 0 aliphatic rings. The lowest BCUT2D eigenvalue weighted by atomic mass is 10.4. The summed E-state index contributed by atoms with van der Waals surface area (Å²) in [6, 6.07) is 0. The Morgan fingerprint density at radius 1 is 1.83 bits per heavy atom. The van der Waals surface area contributed by atoms with Crippen LogP contribution in [-0.2, 0) is 0 Å². The molecule has 2 atom stereocenters. The standard InChI is InChI=1S/C4H10ClP/c1-3-4(2)6-5/h4,6H,3H2,1-2H3/t4-/m1/s1. The third-order valence-electron chi connectivity index (χ3n) is 0.799. The van der Waals surface area contributed by atoms with E-state index in [1.165, 1.54) is 6.42 Å². The summed E-state index contributed by atoms with van der Waals surface area (Å²) in [4.78, 5) is 0. The van der Waals surface area contributed by atoms with Gasteiger partial charge in [-0.3, -0.25) is 0 Å². The van der Waals surface area contributed by atoms with Crippen molar-refractivity contribution in [2.75, 3.05) is 0 Å². The van der Waals surface area contributed by atoms with E-state index in [2.05, 4.69) is 13.8 Å². The third-order valence-corrected chi connectivity index (χ3v) is 2.70. The Hall–Kier alpha value is 0.720. The van der Waals surface area contributed by atoms with Crippen molar-refractivity contribution < 1.29 is 0 Å². The fourth-order valence-electron chi connectivity index (χ4n) is 0.0772. The quantitative estimate of drug-likeness (QED) is 0.497. The van der Waals surface area contributed by atoms with Gasteiger partial charge in [0, 0.05) is 0 Å². The lowest BCUT2D eigenvalue weighted by molar-refractivity contribution is 0.906. The molecule has 1 unspecified atom stereocenters. The van der Waals surface area contributed by atoms with Crippen molar-refractivity contribution in [3.8, 4) is 0 Å². The van der Waals surface area contributed by atoms with Gasteiger partial charge in [0.1, 0.15) is 0 Å². The van der Waals surface area contributed by atoms with E-state index >= 15 is 0 Å². The molecule has 0 aromatic carbocycles. The third kappa shape index (κ3) is 2.93. The highest BCUT2D eigenvalue weighted by atomic mass is 35.7. The summed E-state index contributed by atoms with van der Waals surface area (Å²) in [5, 5.41) is 0. The second-order valence-corrected chi connectivity index (χ2v) is 3.28. The van der Waals surface area contributed by atoms with E-state index in [0.29, 0.717) is 7.93 Å². The molecule has 0 rings (SSSR count). The van der Waals surface area contributed by atoms with Crippen LogP contribution in [0.5, 0.6) is 0 Å². The van der Waals surface area contributed by atoms with E-state index in [1.54, 1.807) is 0 Å². The van der Waals surface area contributed by atoms with Gasteiger partial charge in [-0.05, 0) is 20.0 Å². The molecule has 0 aromatic rings. The Balaban J connectivity index is 2.75. The molecular weight excluding hydrogens is 114 g/mol. The monoisotopic (exact) mass is 124 g/mol. The van der Waals surface area contributed by atoms with Crippen LogP contribution in [-0.4, -0.2) is 5.66 Å². The van der Waals surface area contributed by atoms with Crippen molar-refractivity contribution in [2.24, 2.45) is 0 Å². The van der Waals surface area contributed by atoms with Gasteiger partial charge in [-0.15, -0.1) is 0 Å². The molecule has 38 valence electrons. The second kappa shape index (κ2) is 3.89. The summed E-state index contributed by atoms with van der Waals surface area (Å²) in [6.07, 6.45) is 1.21. The van der Waals surface area contributed by atoms with Crippen molar-refractivity contribution in [3.63, 3.8) is 0 Å². The maximum Gasteiger partial charge on any atom is -0.0129 e. The lowest BCUT2D eigenvalue weighted by Crippen LogP contribution is -1.83. The smallest absolute Gasteiger partial charge is 0.0129 e. The number of rotatable bonds is 2. The number of halogens is 1. The van der Waals surface area contributed by atoms with Crippen molar-refractivity contribution in [3.05, 3.63) is 0 Å². The Morgan fingerprint density at radius 3 is 2.33 bits per heavy atom. The Morgan fingerprint density at radius 2 is 2.33 bits per heavy atom. The van der Waals surface area contributed by atoms with Crippen LogP contribution in [0.4, 0.5) is 0 Å². The van der Waals surface area contributed by atoms with Crippen LogP contribution in [0, 0.1) is 0 Å². The molecule has 0 heterocycles. The van der Waals surface area contributed by atoms with Crippen LogP contribution < -0.4 is 0 Å². The molecule has 0 aromatic heterocycles. The summed E-state index contributed by atoms with van der Waals surface area (Å²) in [6.45, 7) is 4.31. The molecule has 0 fully saturated rings. The molecule has 0 radical (unpaired) electrons. The van der Waals surface area contributed by atoms with Crippen molar-refractivity contribution >= 4 is 19.2 Å². The molecule has 0 saturated carbocycles. The highest BCUT2D eigenvalue weighted by Crippen LogP contribution is 2.25. The largest absolute Gasteiger partial charge is 0.0998 e. The molecule has 0 aliphatic carbocycles. The van der Waals surface area contributed by atoms with Gasteiger partial charge in [-0.1, -0.05) is 25.1 Å². The SMILES string of the molecule is CC[C@@H](C)PCl. The average Bonchev–Trinajstić information content (AvgIpc) is 1.65. The molecule has 0 spiro atoms. The van der Waals surface area contributed by atoms with Gasteiger partial charge in [0.05, 0.1) is 0 Å². The first-order chi connectivity index (χ1) is 2.81. The molecule has 6 heavy (non-hydrogen) atoms. The van der Waals surface area contributed by atoms with Crippen molar-refractivity contribution in [1.29, 1.82) is 0 Å². The van der Waals surface area contributed by atoms with E-state index in [1.807, 2.05) is 0 Å². The van der Waals surface area contributed by atoms with E-state index in [0.717, 1.165) is 5.66 Å². The van der Waals surface area contributed by atoms with Crippen LogP contribution in [0.1, 0.15) is 20.3 Å². The first-order valence-electron chi connectivity index (χ1n) is 2.17. The van der Waals surface area contributed by atoms with Crippen LogP contribution in [0.15, 0.2) is 0 Å². The summed E-state index contributed by atoms with van der Waals surface area (Å²) in [5.74, 6) is 0. The lowest BCUT2D eigenvalue weighted by Gasteiger charge is -1.96. The topological polar surface area (TPSA) is 0 Å². The number of hydrogen-bond acceptors (Lipinski definition) is 0. The minimum Gasteiger partial charge on any atom is -0.0998 e. The minimum absolute atomic E-state index is 0.604. The highest BCUT2D eigenvalue weighted by Gasteiger charge is 1.90.